The van der Waals surface area contributed by atoms with Crippen LogP contribution in [0.5, 0.6) is 0 Å². The molecule has 6 nitrogen and oxygen atoms in total. The highest BCUT2D eigenvalue weighted by Gasteiger charge is 2.30. The molecule has 8 heteroatoms. The Morgan fingerprint density at radius 3 is 2.63 bits per heavy atom. The average molecular weight is 428 g/mol. The monoisotopic (exact) mass is 427 g/mol. The largest absolute Gasteiger partial charge is 0.391 e. The number of halogens is 2. The Bertz CT molecular complexity index is 1140. The fourth-order valence-corrected chi connectivity index (χ4v) is 3.27. The average Bonchev–Trinajstić information content (AvgIpc) is 3.58. The highest BCUT2D eigenvalue weighted by molar-refractivity contribution is 6.30. The molecule has 154 valence electrons. The zero-order valence-electron chi connectivity index (χ0n) is 15.9. The summed E-state index contributed by atoms with van der Waals surface area (Å²) in [5.41, 5.74) is 0.349. The topological polar surface area (TPSA) is 84.2 Å². The Balaban J connectivity index is 1.76. The van der Waals surface area contributed by atoms with E-state index in [2.05, 4.69) is 10.4 Å². The van der Waals surface area contributed by atoms with Gasteiger partial charge in [-0.05, 0) is 55.2 Å². The van der Waals surface area contributed by atoms with Crippen LogP contribution in [0, 0.1) is 11.7 Å². The highest BCUT2D eigenvalue weighted by Crippen LogP contribution is 2.32. The fraction of sp³-hybridized carbons (Fsp3) is 0.227. The van der Waals surface area contributed by atoms with Crippen molar-refractivity contribution in [3.63, 3.8) is 0 Å². The zero-order chi connectivity index (χ0) is 21.3. The molecule has 0 aliphatic heterocycles. The quantitative estimate of drug-likeness (QED) is 0.632. The number of rotatable bonds is 6. The third-order valence-electron chi connectivity index (χ3n) is 4.99. The second-order valence-corrected chi connectivity index (χ2v) is 7.70. The molecule has 0 spiro atoms. The van der Waals surface area contributed by atoms with Crippen molar-refractivity contribution >= 4 is 17.5 Å². The number of nitrogens with one attached hydrogen (secondary N) is 1. The number of aromatic nitrogens is 2. The predicted octanol–water partition coefficient (Wildman–Crippen LogP) is 3.19. The normalized spacial score (nSPS) is 14.4. The first-order valence-electron chi connectivity index (χ1n) is 9.55. The molecule has 0 bridgehead atoms. The lowest BCUT2D eigenvalue weighted by Crippen LogP contribution is -2.38. The van der Waals surface area contributed by atoms with Gasteiger partial charge in [-0.3, -0.25) is 9.59 Å². The van der Waals surface area contributed by atoms with Crippen LogP contribution in [0.4, 0.5) is 4.39 Å². The van der Waals surface area contributed by atoms with Crippen molar-refractivity contribution in [3.8, 4) is 16.9 Å². The maximum atomic E-state index is 13.7. The number of benzene rings is 2. The molecule has 1 atom stereocenters. The minimum absolute atomic E-state index is 0.0570. The molecule has 1 fully saturated rings. The van der Waals surface area contributed by atoms with E-state index in [9.17, 15) is 19.1 Å². The van der Waals surface area contributed by atoms with Gasteiger partial charge >= 0.3 is 0 Å². The van der Waals surface area contributed by atoms with Crippen LogP contribution in [0.2, 0.25) is 5.02 Å². The van der Waals surface area contributed by atoms with Gasteiger partial charge in [-0.1, -0.05) is 29.8 Å². The van der Waals surface area contributed by atoms with Crippen LogP contribution in [-0.2, 0) is 0 Å². The molecule has 1 aromatic heterocycles. The first-order valence-corrected chi connectivity index (χ1v) is 9.92. The maximum Gasteiger partial charge on any atom is 0.284 e. The summed E-state index contributed by atoms with van der Waals surface area (Å²) in [5.74, 6) is -0.963. The summed E-state index contributed by atoms with van der Waals surface area (Å²) in [6, 6.07) is 13.6. The molecule has 1 saturated carbocycles. The number of hydrogen-bond donors (Lipinski definition) is 2. The van der Waals surface area contributed by atoms with Gasteiger partial charge in [-0.25, -0.2) is 4.39 Å². The summed E-state index contributed by atoms with van der Waals surface area (Å²) in [5, 5.41) is 17.5. The molecular weight excluding hydrogens is 409 g/mol. The second kappa shape index (κ2) is 8.38. The number of carbonyl (C=O) groups is 1. The third-order valence-corrected chi connectivity index (χ3v) is 5.24. The number of amides is 1. The van der Waals surface area contributed by atoms with E-state index in [0.29, 0.717) is 16.3 Å². The number of aliphatic hydroxyl groups excluding tert-OH is 1. The fourth-order valence-electron chi connectivity index (χ4n) is 3.14. The van der Waals surface area contributed by atoms with Crippen LogP contribution in [-0.4, -0.2) is 33.4 Å². The van der Waals surface area contributed by atoms with Gasteiger partial charge in [0.15, 0.2) is 0 Å². The summed E-state index contributed by atoms with van der Waals surface area (Å²) in [6.07, 6.45) is 1.22. The zero-order valence-corrected chi connectivity index (χ0v) is 16.6. The summed E-state index contributed by atoms with van der Waals surface area (Å²) in [6.45, 7) is 0.0570. The SMILES string of the molecule is O=C(NC[C@@H](O)C1CC1)c1cc(-c2ccc(Cl)cc2)nn(-c2cccc(F)c2)c1=O. The van der Waals surface area contributed by atoms with E-state index < -0.39 is 23.4 Å². The standard InChI is InChI=1S/C22H19ClFN3O3/c23-15-8-6-13(7-9-15)19-11-18(21(29)25-12-20(28)14-4-5-14)22(30)27(26-19)17-3-1-2-16(24)10-17/h1-3,6-11,14,20,28H,4-5,12H2,(H,25,29)/t20-/m1/s1. The van der Waals surface area contributed by atoms with Crippen molar-refractivity contribution in [3.05, 3.63) is 81.4 Å². The van der Waals surface area contributed by atoms with E-state index in [1.54, 1.807) is 24.3 Å². The Hall–Kier alpha value is -3.03. The predicted molar refractivity (Wildman–Crippen MR) is 111 cm³/mol. The van der Waals surface area contributed by atoms with Gasteiger partial charge in [0.05, 0.1) is 17.5 Å². The van der Waals surface area contributed by atoms with Crippen LogP contribution in [0.1, 0.15) is 23.2 Å². The van der Waals surface area contributed by atoms with Crippen LogP contribution in [0.3, 0.4) is 0 Å². The molecule has 3 aromatic rings. The van der Waals surface area contributed by atoms with E-state index in [-0.39, 0.29) is 23.7 Å². The minimum atomic E-state index is -0.684. The molecule has 1 aliphatic rings. The molecule has 0 saturated heterocycles. The van der Waals surface area contributed by atoms with Crippen LogP contribution >= 0.6 is 11.6 Å². The summed E-state index contributed by atoms with van der Waals surface area (Å²) < 4.78 is 14.7. The van der Waals surface area contributed by atoms with E-state index in [1.165, 1.54) is 30.3 Å². The smallest absolute Gasteiger partial charge is 0.284 e. The number of aliphatic hydroxyl groups is 1. The molecule has 0 unspecified atom stereocenters. The van der Waals surface area contributed by atoms with Crippen LogP contribution < -0.4 is 10.9 Å². The van der Waals surface area contributed by atoms with Crippen LogP contribution in [0.15, 0.2) is 59.4 Å². The Kier molecular flexibility index (Phi) is 5.65. The number of carbonyl (C=O) groups excluding carboxylic acids is 1. The van der Waals surface area contributed by atoms with E-state index in [1.807, 2.05) is 0 Å². The maximum absolute atomic E-state index is 13.7. The van der Waals surface area contributed by atoms with Gasteiger partial charge in [0.2, 0.25) is 0 Å². The molecule has 30 heavy (non-hydrogen) atoms. The van der Waals surface area contributed by atoms with Gasteiger partial charge in [0.25, 0.3) is 11.5 Å². The molecule has 1 amide bonds. The van der Waals surface area contributed by atoms with Crippen molar-refractivity contribution in [2.45, 2.75) is 18.9 Å². The number of nitrogens with zero attached hydrogens (tertiary/aromatic N) is 2. The summed E-state index contributed by atoms with van der Waals surface area (Å²) in [7, 11) is 0. The van der Waals surface area contributed by atoms with Crippen molar-refractivity contribution in [1.29, 1.82) is 0 Å². The lowest BCUT2D eigenvalue weighted by Gasteiger charge is -2.13. The molecular formula is C22H19ClFN3O3. The highest BCUT2D eigenvalue weighted by atomic mass is 35.5. The number of hydrogen-bond acceptors (Lipinski definition) is 4. The van der Waals surface area contributed by atoms with Crippen molar-refractivity contribution in [2.24, 2.45) is 5.92 Å². The molecule has 4 rings (SSSR count). The van der Waals surface area contributed by atoms with Crippen molar-refractivity contribution < 1.29 is 14.3 Å². The summed E-state index contributed by atoms with van der Waals surface area (Å²) in [4.78, 5) is 25.7. The Morgan fingerprint density at radius 2 is 1.97 bits per heavy atom. The first kappa shape index (κ1) is 20.3. The Labute approximate surface area is 176 Å². The lowest BCUT2D eigenvalue weighted by atomic mass is 10.1. The third kappa shape index (κ3) is 4.42. The Morgan fingerprint density at radius 1 is 1.23 bits per heavy atom. The van der Waals surface area contributed by atoms with Gasteiger partial charge in [0, 0.05) is 17.1 Å². The second-order valence-electron chi connectivity index (χ2n) is 7.26. The van der Waals surface area contributed by atoms with Gasteiger partial charge < -0.3 is 10.4 Å². The molecule has 0 radical (unpaired) electrons. The molecule has 2 N–H and O–H groups in total. The van der Waals surface area contributed by atoms with Gasteiger partial charge in [-0.2, -0.15) is 9.78 Å². The van der Waals surface area contributed by atoms with Gasteiger partial charge in [-0.15, -0.1) is 0 Å². The molecule has 1 heterocycles. The first-order chi connectivity index (χ1) is 14.4. The minimum Gasteiger partial charge on any atom is -0.391 e. The van der Waals surface area contributed by atoms with Crippen molar-refractivity contribution in [2.75, 3.05) is 6.54 Å². The molecule has 2 aromatic carbocycles. The summed E-state index contributed by atoms with van der Waals surface area (Å²) >= 11 is 5.95. The van der Waals surface area contributed by atoms with E-state index in [0.717, 1.165) is 17.5 Å². The van der Waals surface area contributed by atoms with Crippen molar-refractivity contribution in [1.82, 2.24) is 15.1 Å². The molecule has 1 aliphatic carbocycles. The van der Waals surface area contributed by atoms with Crippen LogP contribution in [0.25, 0.3) is 16.9 Å². The lowest BCUT2D eigenvalue weighted by molar-refractivity contribution is 0.0899. The van der Waals surface area contributed by atoms with E-state index >= 15 is 0 Å². The van der Waals surface area contributed by atoms with Gasteiger partial charge in [0.1, 0.15) is 11.4 Å². The van der Waals surface area contributed by atoms with E-state index in [4.69, 9.17) is 11.6 Å².